The molecular formula is C15H14F2N6O3. The van der Waals surface area contributed by atoms with Gasteiger partial charge in [0.15, 0.2) is 17.3 Å². The summed E-state index contributed by atoms with van der Waals surface area (Å²) in [7, 11) is 1.06. The van der Waals surface area contributed by atoms with Crippen molar-refractivity contribution in [2.45, 2.75) is 0 Å². The number of hydrogen-bond donors (Lipinski definition) is 4. The van der Waals surface area contributed by atoms with Gasteiger partial charge in [0.2, 0.25) is 0 Å². The van der Waals surface area contributed by atoms with E-state index in [1.165, 1.54) is 18.3 Å². The van der Waals surface area contributed by atoms with E-state index in [9.17, 15) is 18.4 Å². The summed E-state index contributed by atoms with van der Waals surface area (Å²) in [5, 5.41) is 9.67. The molecule has 0 aliphatic heterocycles. The Hall–Kier alpha value is -3.60. The molecule has 0 saturated heterocycles. The van der Waals surface area contributed by atoms with E-state index in [0.717, 1.165) is 7.11 Å². The fourth-order valence-corrected chi connectivity index (χ4v) is 1.89. The van der Waals surface area contributed by atoms with E-state index < -0.39 is 23.5 Å². The number of anilines is 1. The van der Waals surface area contributed by atoms with Gasteiger partial charge in [0.25, 0.3) is 5.91 Å². The molecule has 1 amide bonds. The SMILES string of the molecule is COC(=O)c1cc(F)c(F)cc1NC(=O)c1ccc(/C(N)=C/NN)nn1. The van der Waals surface area contributed by atoms with Crippen LogP contribution in [0.2, 0.25) is 0 Å². The monoisotopic (exact) mass is 364 g/mol. The summed E-state index contributed by atoms with van der Waals surface area (Å²) in [6, 6.07) is 3.98. The minimum absolute atomic E-state index is 0.150. The fourth-order valence-electron chi connectivity index (χ4n) is 1.89. The molecule has 0 atom stereocenters. The zero-order chi connectivity index (χ0) is 19.3. The maximum Gasteiger partial charge on any atom is 0.340 e. The Kier molecular flexibility index (Phi) is 5.75. The Morgan fingerprint density at radius 2 is 1.77 bits per heavy atom. The van der Waals surface area contributed by atoms with Crippen LogP contribution >= 0.6 is 0 Å². The van der Waals surface area contributed by atoms with Crippen LogP contribution in [0.3, 0.4) is 0 Å². The van der Waals surface area contributed by atoms with Gasteiger partial charge in [-0.05, 0) is 18.2 Å². The average molecular weight is 364 g/mol. The van der Waals surface area contributed by atoms with Crippen LogP contribution in [0.25, 0.3) is 5.70 Å². The normalized spacial score (nSPS) is 11.0. The van der Waals surface area contributed by atoms with Crippen molar-refractivity contribution < 1.29 is 23.1 Å². The van der Waals surface area contributed by atoms with Crippen LogP contribution in [0.15, 0.2) is 30.5 Å². The van der Waals surface area contributed by atoms with Gasteiger partial charge in [0.05, 0.1) is 24.1 Å². The third-order valence-electron chi connectivity index (χ3n) is 3.15. The molecule has 26 heavy (non-hydrogen) atoms. The molecule has 0 unspecified atom stereocenters. The first kappa shape index (κ1) is 18.7. The number of benzene rings is 1. The van der Waals surface area contributed by atoms with E-state index in [2.05, 4.69) is 25.7 Å². The Balaban J connectivity index is 2.28. The van der Waals surface area contributed by atoms with Gasteiger partial charge in [-0.1, -0.05) is 0 Å². The van der Waals surface area contributed by atoms with Crippen LogP contribution in [-0.2, 0) is 4.74 Å². The number of nitrogens with two attached hydrogens (primary N) is 2. The molecule has 1 aromatic carbocycles. The molecule has 0 aliphatic carbocycles. The molecule has 1 heterocycles. The van der Waals surface area contributed by atoms with Gasteiger partial charge >= 0.3 is 5.97 Å². The number of carbonyl (C=O) groups excluding carboxylic acids is 2. The zero-order valence-electron chi connectivity index (χ0n) is 13.4. The molecule has 6 N–H and O–H groups in total. The van der Waals surface area contributed by atoms with Crippen molar-refractivity contribution in [2.24, 2.45) is 11.6 Å². The summed E-state index contributed by atoms with van der Waals surface area (Å²) in [5.74, 6) is 0.824. The highest BCUT2D eigenvalue weighted by molar-refractivity contribution is 6.07. The quantitative estimate of drug-likeness (QED) is 0.341. The number of aromatic nitrogens is 2. The highest BCUT2D eigenvalue weighted by atomic mass is 19.2. The standard InChI is InChI=1S/C15H14F2N6O3/c1-26-15(25)7-4-8(16)9(17)5-13(7)21-14(24)12-3-2-11(22-23-12)10(18)6-20-19/h2-6,20H,18-19H2,1H3,(H,21,24)/b10-6-. The third-order valence-corrected chi connectivity index (χ3v) is 3.15. The number of esters is 1. The van der Waals surface area contributed by atoms with Gasteiger partial charge in [-0.25, -0.2) is 13.6 Å². The third kappa shape index (κ3) is 4.08. The Morgan fingerprint density at radius 1 is 1.15 bits per heavy atom. The van der Waals surface area contributed by atoms with Crippen molar-refractivity contribution in [2.75, 3.05) is 12.4 Å². The molecule has 0 spiro atoms. The van der Waals surface area contributed by atoms with E-state index in [-0.39, 0.29) is 28.3 Å². The summed E-state index contributed by atoms with van der Waals surface area (Å²) in [6.07, 6.45) is 1.27. The first-order valence-corrected chi connectivity index (χ1v) is 7.02. The van der Waals surface area contributed by atoms with Crippen molar-refractivity contribution in [1.29, 1.82) is 0 Å². The van der Waals surface area contributed by atoms with Gasteiger partial charge in [-0.2, -0.15) is 0 Å². The number of hydrogen-bond acceptors (Lipinski definition) is 8. The smallest absolute Gasteiger partial charge is 0.340 e. The van der Waals surface area contributed by atoms with Crippen LogP contribution in [0.5, 0.6) is 0 Å². The van der Waals surface area contributed by atoms with Crippen LogP contribution in [0, 0.1) is 11.6 Å². The predicted molar refractivity (Wildman–Crippen MR) is 87.2 cm³/mol. The summed E-state index contributed by atoms with van der Waals surface area (Å²) in [6.45, 7) is 0. The number of carbonyl (C=O) groups is 2. The van der Waals surface area contributed by atoms with Crippen LogP contribution in [0.4, 0.5) is 14.5 Å². The summed E-state index contributed by atoms with van der Waals surface area (Å²) in [4.78, 5) is 23.9. The number of nitrogens with one attached hydrogen (secondary N) is 2. The molecular weight excluding hydrogens is 350 g/mol. The molecule has 1 aromatic heterocycles. The highest BCUT2D eigenvalue weighted by Gasteiger charge is 2.19. The van der Waals surface area contributed by atoms with Crippen LogP contribution < -0.4 is 22.3 Å². The first-order chi connectivity index (χ1) is 12.4. The fraction of sp³-hybridized carbons (Fsp3) is 0.0667. The zero-order valence-corrected chi connectivity index (χ0v) is 13.4. The van der Waals surface area contributed by atoms with Gasteiger partial charge < -0.3 is 21.2 Å². The Morgan fingerprint density at radius 3 is 2.35 bits per heavy atom. The Bertz CT molecular complexity index is 870. The summed E-state index contributed by atoms with van der Waals surface area (Å²) in [5.41, 5.74) is 7.51. The van der Waals surface area contributed by atoms with Gasteiger partial charge in [0.1, 0.15) is 5.69 Å². The van der Waals surface area contributed by atoms with Crippen LogP contribution in [-0.4, -0.2) is 29.2 Å². The molecule has 2 aromatic rings. The molecule has 0 bridgehead atoms. The van der Waals surface area contributed by atoms with Crippen LogP contribution in [0.1, 0.15) is 26.5 Å². The number of amides is 1. The van der Waals surface area contributed by atoms with E-state index >= 15 is 0 Å². The number of halogens is 2. The maximum absolute atomic E-state index is 13.5. The number of rotatable bonds is 5. The minimum Gasteiger partial charge on any atom is -0.465 e. The second kappa shape index (κ2) is 7.98. The molecule has 11 heteroatoms. The molecule has 9 nitrogen and oxygen atoms in total. The van der Waals surface area contributed by atoms with Gasteiger partial charge in [-0.15, -0.1) is 10.2 Å². The predicted octanol–water partition coefficient (Wildman–Crippen LogP) is 0.514. The first-order valence-electron chi connectivity index (χ1n) is 7.02. The average Bonchev–Trinajstić information content (AvgIpc) is 2.64. The van der Waals surface area contributed by atoms with Gasteiger partial charge in [-0.3, -0.25) is 10.6 Å². The largest absolute Gasteiger partial charge is 0.465 e. The number of ether oxygens (including phenoxy) is 1. The molecule has 136 valence electrons. The number of hydrazine groups is 1. The second-order valence-corrected chi connectivity index (χ2v) is 4.83. The highest BCUT2D eigenvalue weighted by Crippen LogP contribution is 2.21. The lowest BCUT2D eigenvalue weighted by atomic mass is 10.1. The topological polar surface area (TPSA) is 145 Å². The van der Waals surface area contributed by atoms with Crippen molar-refractivity contribution in [1.82, 2.24) is 15.6 Å². The number of nitrogens with zero attached hydrogens (tertiary/aromatic N) is 2. The Labute approximate surface area is 146 Å². The molecule has 0 fully saturated rings. The summed E-state index contributed by atoms with van der Waals surface area (Å²) < 4.78 is 31.3. The molecule has 0 saturated carbocycles. The maximum atomic E-state index is 13.5. The van der Waals surface area contributed by atoms with Crippen molar-refractivity contribution in [3.8, 4) is 0 Å². The van der Waals surface area contributed by atoms with E-state index in [1.54, 1.807) is 0 Å². The molecule has 2 rings (SSSR count). The lowest BCUT2D eigenvalue weighted by molar-refractivity contribution is 0.0601. The molecule has 0 radical (unpaired) electrons. The van der Waals surface area contributed by atoms with Gasteiger partial charge in [0, 0.05) is 12.3 Å². The number of methoxy groups -OCH3 is 1. The van der Waals surface area contributed by atoms with Crippen molar-refractivity contribution in [3.63, 3.8) is 0 Å². The van der Waals surface area contributed by atoms with E-state index in [1.807, 2.05) is 0 Å². The summed E-state index contributed by atoms with van der Waals surface area (Å²) >= 11 is 0. The second-order valence-electron chi connectivity index (χ2n) is 4.83. The van der Waals surface area contributed by atoms with Crippen molar-refractivity contribution in [3.05, 3.63) is 59.1 Å². The lowest BCUT2D eigenvalue weighted by Gasteiger charge is -2.10. The molecule has 0 aliphatic rings. The van der Waals surface area contributed by atoms with E-state index in [0.29, 0.717) is 12.1 Å². The van der Waals surface area contributed by atoms with E-state index in [4.69, 9.17) is 11.6 Å². The lowest BCUT2D eigenvalue weighted by Crippen LogP contribution is -2.19. The minimum atomic E-state index is -1.26. The van der Waals surface area contributed by atoms with Crippen molar-refractivity contribution >= 4 is 23.3 Å².